The molecule has 4 rings (SSSR count). The molecular weight excluding hydrogens is 424 g/mol. The van der Waals surface area contributed by atoms with Crippen LogP contribution in [-0.4, -0.2) is 42.7 Å². The zero-order valence-electron chi connectivity index (χ0n) is 18.6. The molecule has 6 nitrogen and oxygen atoms in total. The Balaban J connectivity index is 1.53. The van der Waals surface area contributed by atoms with Crippen molar-refractivity contribution < 1.29 is 9.53 Å². The van der Waals surface area contributed by atoms with E-state index in [4.69, 9.17) is 26.3 Å². The van der Waals surface area contributed by atoms with E-state index in [0.29, 0.717) is 37.1 Å². The molecule has 0 aliphatic heterocycles. The van der Waals surface area contributed by atoms with Crippen molar-refractivity contribution in [1.82, 2.24) is 15.3 Å². The third-order valence-corrected chi connectivity index (χ3v) is 5.98. The zero-order valence-corrected chi connectivity index (χ0v) is 19.3. The van der Waals surface area contributed by atoms with Gasteiger partial charge in [-0.25, -0.2) is 9.97 Å². The molecule has 7 heteroatoms. The summed E-state index contributed by atoms with van der Waals surface area (Å²) in [6.45, 7) is 3.71. The molecule has 1 atom stereocenters. The summed E-state index contributed by atoms with van der Waals surface area (Å²) in [5.74, 6) is 2.12. The minimum atomic E-state index is -0.0420. The second-order valence-corrected chi connectivity index (χ2v) is 8.71. The Morgan fingerprint density at radius 2 is 1.97 bits per heavy atom. The second-order valence-electron chi connectivity index (χ2n) is 8.27. The van der Waals surface area contributed by atoms with Gasteiger partial charge >= 0.3 is 0 Å². The number of aromatic nitrogens is 2. The summed E-state index contributed by atoms with van der Waals surface area (Å²) in [4.78, 5) is 24.5. The molecule has 0 bridgehead atoms. The maximum atomic E-state index is 12.7. The predicted octanol–water partition coefficient (Wildman–Crippen LogP) is 4.88. The van der Waals surface area contributed by atoms with Gasteiger partial charge in [-0.2, -0.15) is 0 Å². The van der Waals surface area contributed by atoms with Crippen LogP contribution in [0.3, 0.4) is 0 Å². The maximum absolute atomic E-state index is 12.7. The fraction of sp³-hybridized carbons (Fsp3) is 0.400. The fourth-order valence-corrected chi connectivity index (χ4v) is 3.94. The van der Waals surface area contributed by atoms with Crippen LogP contribution in [-0.2, 0) is 9.53 Å². The molecule has 1 aliphatic rings. The highest BCUT2D eigenvalue weighted by molar-refractivity contribution is 6.31. The van der Waals surface area contributed by atoms with E-state index in [0.717, 1.165) is 41.0 Å². The molecule has 2 aromatic carbocycles. The first kappa shape index (κ1) is 22.5. The first-order valence-electron chi connectivity index (χ1n) is 11.1. The topological polar surface area (TPSA) is 67.3 Å². The molecule has 0 spiro atoms. The molecule has 1 heterocycles. The van der Waals surface area contributed by atoms with E-state index in [1.54, 1.807) is 7.11 Å². The van der Waals surface area contributed by atoms with Crippen molar-refractivity contribution in [1.29, 1.82) is 0 Å². The van der Waals surface area contributed by atoms with E-state index in [9.17, 15) is 4.79 Å². The number of methoxy groups -OCH3 is 1. The first-order chi connectivity index (χ1) is 15.5. The van der Waals surface area contributed by atoms with Crippen LogP contribution < -0.4 is 10.2 Å². The molecular formula is C25H29ClN4O2. The summed E-state index contributed by atoms with van der Waals surface area (Å²) in [6.07, 6.45) is 2.59. The number of ether oxygens (including phenoxy) is 1. The number of carbonyl (C=O) groups is 1. The number of benzene rings is 2. The van der Waals surface area contributed by atoms with Crippen LogP contribution in [0, 0.1) is 0 Å². The molecule has 3 aromatic rings. The van der Waals surface area contributed by atoms with Gasteiger partial charge in [0.05, 0.1) is 18.2 Å². The number of anilines is 1. The highest BCUT2D eigenvalue weighted by atomic mass is 35.5. The Labute approximate surface area is 194 Å². The summed E-state index contributed by atoms with van der Waals surface area (Å²) >= 11 is 6.24. The monoisotopic (exact) mass is 452 g/mol. The quantitative estimate of drug-likeness (QED) is 0.474. The van der Waals surface area contributed by atoms with Crippen LogP contribution in [0.4, 0.5) is 5.82 Å². The van der Waals surface area contributed by atoms with Gasteiger partial charge in [-0.3, -0.25) is 4.79 Å². The first-order valence-corrected chi connectivity index (χ1v) is 11.5. The minimum absolute atomic E-state index is 0.00703. The van der Waals surface area contributed by atoms with Crippen LogP contribution in [0.15, 0.2) is 48.5 Å². The van der Waals surface area contributed by atoms with Crippen molar-refractivity contribution in [2.45, 2.75) is 38.1 Å². The van der Waals surface area contributed by atoms with Gasteiger partial charge in [0.25, 0.3) is 0 Å². The van der Waals surface area contributed by atoms with E-state index in [-0.39, 0.29) is 11.9 Å². The highest BCUT2D eigenvalue weighted by Gasteiger charge is 2.28. The Morgan fingerprint density at radius 3 is 2.69 bits per heavy atom. The van der Waals surface area contributed by atoms with Crippen molar-refractivity contribution in [2.75, 3.05) is 31.7 Å². The molecule has 1 N–H and O–H groups in total. The average Bonchev–Trinajstić information content (AvgIpc) is 3.64. The number of amides is 1. The minimum Gasteiger partial charge on any atom is -0.383 e. The van der Waals surface area contributed by atoms with Gasteiger partial charge in [0, 0.05) is 42.9 Å². The van der Waals surface area contributed by atoms with Crippen LogP contribution in [0.1, 0.15) is 49.5 Å². The molecule has 1 amide bonds. The van der Waals surface area contributed by atoms with Gasteiger partial charge < -0.3 is 15.0 Å². The van der Waals surface area contributed by atoms with E-state index in [1.807, 2.05) is 55.5 Å². The number of halogens is 1. The molecule has 0 saturated heterocycles. The van der Waals surface area contributed by atoms with Crippen molar-refractivity contribution >= 4 is 34.2 Å². The lowest BCUT2D eigenvalue weighted by Gasteiger charge is -2.25. The molecule has 0 radical (unpaired) electrons. The summed E-state index contributed by atoms with van der Waals surface area (Å²) in [7, 11) is 1.68. The lowest BCUT2D eigenvalue weighted by atomic mass is 10.1. The third-order valence-electron chi connectivity index (χ3n) is 5.75. The van der Waals surface area contributed by atoms with Crippen molar-refractivity contribution in [2.24, 2.45) is 0 Å². The lowest BCUT2D eigenvalue weighted by molar-refractivity contribution is -0.121. The number of hydrogen-bond acceptors (Lipinski definition) is 5. The maximum Gasteiger partial charge on any atom is 0.222 e. The third kappa shape index (κ3) is 5.56. The number of rotatable bonds is 10. The summed E-state index contributed by atoms with van der Waals surface area (Å²) < 4.78 is 5.34. The van der Waals surface area contributed by atoms with Gasteiger partial charge in [-0.15, -0.1) is 0 Å². The number of fused-ring (bicyclic) bond motifs is 1. The number of nitrogens with zero attached hydrogens (tertiary/aromatic N) is 3. The van der Waals surface area contributed by atoms with Crippen LogP contribution >= 0.6 is 11.6 Å². The van der Waals surface area contributed by atoms with E-state index in [2.05, 4.69) is 10.2 Å². The molecule has 1 aromatic heterocycles. The zero-order chi connectivity index (χ0) is 22.5. The fourth-order valence-electron chi connectivity index (χ4n) is 3.77. The number of hydrogen-bond donors (Lipinski definition) is 1. The summed E-state index contributed by atoms with van der Waals surface area (Å²) in [5, 5.41) is 4.69. The highest BCUT2D eigenvalue weighted by Crippen LogP contribution is 2.40. The Hall–Kier alpha value is -2.70. The molecule has 168 valence electrons. The van der Waals surface area contributed by atoms with Crippen LogP contribution in [0.25, 0.3) is 10.9 Å². The summed E-state index contributed by atoms with van der Waals surface area (Å²) in [5.41, 5.74) is 1.93. The molecule has 1 fully saturated rings. The lowest BCUT2D eigenvalue weighted by Crippen LogP contribution is -2.34. The molecule has 1 aliphatic carbocycles. The van der Waals surface area contributed by atoms with Crippen molar-refractivity contribution in [3.63, 3.8) is 0 Å². The summed E-state index contributed by atoms with van der Waals surface area (Å²) in [6, 6.07) is 15.6. The average molecular weight is 453 g/mol. The predicted molar refractivity (Wildman–Crippen MR) is 128 cm³/mol. The molecule has 1 saturated carbocycles. The van der Waals surface area contributed by atoms with E-state index >= 15 is 0 Å². The van der Waals surface area contributed by atoms with Gasteiger partial charge in [0.2, 0.25) is 5.91 Å². The van der Waals surface area contributed by atoms with Crippen LogP contribution in [0.2, 0.25) is 5.02 Å². The van der Waals surface area contributed by atoms with Gasteiger partial charge in [-0.1, -0.05) is 41.9 Å². The smallest absolute Gasteiger partial charge is 0.222 e. The molecule has 32 heavy (non-hydrogen) atoms. The van der Waals surface area contributed by atoms with Crippen molar-refractivity contribution in [3.05, 3.63) is 64.9 Å². The number of nitrogens with one attached hydrogen (secondary N) is 1. The molecule has 1 unspecified atom stereocenters. The van der Waals surface area contributed by atoms with Crippen LogP contribution in [0.5, 0.6) is 0 Å². The van der Waals surface area contributed by atoms with E-state index in [1.165, 1.54) is 0 Å². The van der Waals surface area contributed by atoms with E-state index < -0.39 is 0 Å². The SMILES string of the molecule is COCCN(CCC(=O)NC(C)c1ccccc1)c1nc(C2CC2)nc2cc(Cl)ccc12. The largest absolute Gasteiger partial charge is 0.383 e. The Morgan fingerprint density at radius 1 is 1.19 bits per heavy atom. The Bertz CT molecular complexity index is 1070. The van der Waals surface area contributed by atoms with Gasteiger partial charge in [0.1, 0.15) is 11.6 Å². The van der Waals surface area contributed by atoms with Crippen molar-refractivity contribution in [3.8, 4) is 0 Å². The normalized spacial score (nSPS) is 14.3. The van der Waals surface area contributed by atoms with Gasteiger partial charge in [-0.05, 0) is 43.5 Å². The standard InChI is InChI=1S/C25H29ClN4O2/c1-17(18-6-4-3-5-7-18)27-23(31)12-13-30(14-15-32-2)25-21-11-10-20(26)16-22(21)28-24(29-25)19-8-9-19/h3-7,10-11,16-17,19H,8-9,12-15H2,1-2H3,(H,27,31). The number of carbonyl (C=O) groups excluding carboxylic acids is 1. The Kier molecular flexibility index (Phi) is 7.22. The second kappa shape index (κ2) is 10.3. The van der Waals surface area contributed by atoms with Gasteiger partial charge in [0.15, 0.2) is 0 Å².